The van der Waals surface area contributed by atoms with Crippen molar-refractivity contribution in [3.05, 3.63) is 12.7 Å². The fourth-order valence-electron chi connectivity index (χ4n) is 2.16. The van der Waals surface area contributed by atoms with E-state index in [-0.39, 0.29) is 11.2 Å². The molecule has 0 heterocycles. The van der Waals surface area contributed by atoms with Gasteiger partial charge in [-0.3, -0.25) is 0 Å². The molecule has 0 aliphatic heterocycles. The summed E-state index contributed by atoms with van der Waals surface area (Å²) in [5.74, 6) is 0.652. The lowest BCUT2D eigenvalue weighted by atomic mass is 9.80. The lowest BCUT2D eigenvalue weighted by Crippen LogP contribution is -2.36. The van der Waals surface area contributed by atoms with Crippen molar-refractivity contribution in [2.24, 2.45) is 17.0 Å². The molecule has 1 fully saturated rings. The van der Waals surface area contributed by atoms with E-state index < -0.39 is 10.0 Å². The quantitative estimate of drug-likeness (QED) is 0.711. The van der Waals surface area contributed by atoms with Crippen molar-refractivity contribution in [2.45, 2.75) is 44.3 Å². The predicted octanol–water partition coefficient (Wildman–Crippen LogP) is 2.05. The van der Waals surface area contributed by atoms with Crippen molar-refractivity contribution in [1.82, 2.24) is 0 Å². The lowest BCUT2D eigenvalue weighted by Gasteiger charge is -2.31. The molecule has 1 aliphatic carbocycles. The van der Waals surface area contributed by atoms with Crippen LogP contribution in [0.2, 0.25) is 0 Å². The molecule has 1 aliphatic rings. The molecule has 2 N–H and O–H groups in total. The number of allylic oxidation sites excluding steroid dienone is 1. The highest BCUT2D eigenvalue weighted by atomic mass is 32.2. The van der Waals surface area contributed by atoms with Crippen LogP contribution >= 0.6 is 0 Å². The molecule has 0 aromatic heterocycles. The van der Waals surface area contributed by atoms with E-state index in [9.17, 15) is 8.42 Å². The fraction of sp³-hybridized carbons (Fsp3) is 0.818. The minimum absolute atomic E-state index is 0.0816. The summed E-state index contributed by atoms with van der Waals surface area (Å²) in [7, 11) is -3.41. The van der Waals surface area contributed by atoms with Crippen molar-refractivity contribution >= 4 is 10.0 Å². The molecule has 0 aromatic rings. The number of nitrogens with two attached hydrogens (primary N) is 1. The van der Waals surface area contributed by atoms with Gasteiger partial charge < -0.3 is 0 Å². The van der Waals surface area contributed by atoms with Gasteiger partial charge in [0.05, 0.1) is 5.25 Å². The zero-order chi connectivity index (χ0) is 11.5. The normalized spacial score (nSPS) is 21.7. The highest BCUT2D eigenvalue weighted by Crippen LogP contribution is 2.34. The van der Waals surface area contributed by atoms with E-state index in [0.717, 1.165) is 19.3 Å². The third-order valence-corrected chi connectivity index (χ3v) is 4.89. The number of rotatable bonds is 6. The van der Waals surface area contributed by atoms with Crippen molar-refractivity contribution in [1.29, 1.82) is 0 Å². The minimum Gasteiger partial charge on any atom is -0.228 e. The van der Waals surface area contributed by atoms with Gasteiger partial charge in [-0.2, -0.15) is 0 Å². The second-order valence-electron chi connectivity index (χ2n) is 4.66. The van der Waals surface area contributed by atoms with E-state index in [1.54, 1.807) is 6.08 Å². The Morgan fingerprint density at radius 2 is 2.13 bits per heavy atom. The average Bonchev–Trinajstić information content (AvgIpc) is 1.99. The van der Waals surface area contributed by atoms with Crippen molar-refractivity contribution in [3.8, 4) is 0 Å². The van der Waals surface area contributed by atoms with Gasteiger partial charge in [-0.25, -0.2) is 13.6 Å². The second-order valence-corrected chi connectivity index (χ2v) is 6.45. The van der Waals surface area contributed by atoms with E-state index in [1.165, 1.54) is 6.42 Å². The van der Waals surface area contributed by atoms with Crippen molar-refractivity contribution in [2.75, 3.05) is 0 Å². The SMILES string of the molecule is C=CC[C@@H](C)[C@H](CC1CCC1)S(N)(=O)=O. The Kier molecular flexibility index (Phi) is 4.34. The topological polar surface area (TPSA) is 60.2 Å². The summed E-state index contributed by atoms with van der Waals surface area (Å²) in [5.41, 5.74) is 0. The molecule has 0 saturated heterocycles. The number of primary sulfonamides is 1. The van der Waals surface area contributed by atoms with Gasteiger partial charge in [0.1, 0.15) is 0 Å². The van der Waals surface area contributed by atoms with E-state index >= 15 is 0 Å². The van der Waals surface area contributed by atoms with Crippen LogP contribution in [-0.2, 0) is 10.0 Å². The lowest BCUT2D eigenvalue weighted by molar-refractivity contribution is 0.274. The highest BCUT2D eigenvalue weighted by molar-refractivity contribution is 7.89. The van der Waals surface area contributed by atoms with Crippen LogP contribution in [-0.4, -0.2) is 13.7 Å². The van der Waals surface area contributed by atoms with Gasteiger partial charge in [0, 0.05) is 0 Å². The third kappa shape index (κ3) is 3.61. The number of sulfonamides is 1. The van der Waals surface area contributed by atoms with Gasteiger partial charge >= 0.3 is 0 Å². The van der Waals surface area contributed by atoms with Gasteiger partial charge in [-0.05, 0) is 24.7 Å². The van der Waals surface area contributed by atoms with Crippen LogP contribution in [0.5, 0.6) is 0 Å². The summed E-state index contributed by atoms with van der Waals surface area (Å²) in [6, 6.07) is 0. The Hall–Kier alpha value is -0.350. The summed E-state index contributed by atoms with van der Waals surface area (Å²) in [5, 5.41) is 4.89. The van der Waals surface area contributed by atoms with Crippen molar-refractivity contribution in [3.63, 3.8) is 0 Å². The van der Waals surface area contributed by atoms with Crippen LogP contribution in [0, 0.1) is 11.8 Å². The minimum atomic E-state index is -3.41. The van der Waals surface area contributed by atoms with Gasteiger partial charge in [0.15, 0.2) is 0 Å². The van der Waals surface area contributed by atoms with Crippen LogP contribution in [0.3, 0.4) is 0 Å². The molecule has 0 spiro atoms. The van der Waals surface area contributed by atoms with Gasteiger partial charge in [-0.1, -0.05) is 32.3 Å². The zero-order valence-electron chi connectivity index (χ0n) is 9.35. The average molecular weight is 231 g/mol. The first-order valence-corrected chi connectivity index (χ1v) is 7.18. The smallest absolute Gasteiger partial charge is 0.212 e. The summed E-state index contributed by atoms with van der Waals surface area (Å²) < 4.78 is 22.9. The zero-order valence-corrected chi connectivity index (χ0v) is 10.2. The Morgan fingerprint density at radius 1 is 1.53 bits per heavy atom. The Labute approximate surface area is 92.8 Å². The summed E-state index contributed by atoms with van der Waals surface area (Å²) in [6.07, 6.45) is 6.77. The maximum Gasteiger partial charge on any atom is 0.212 e. The molecule has 88 valence electrons. The molecule has 0 amide bonds. The van der Waals surface area contributed by atoms with Crippen LogP contribution in [0.4, 0.5) is 0 Å². The molecule has 15 heavy (non-hydrogen) atoms. The standard InChI is InChI=1S/C11H21NO2S/c1-3-5-9(2)11(15(12,13)14)8-10-6-4-7-10/h3,9-11H,1,4-8H2,2H3,(H2,12,13,14)/t9-,11+/m1/s1. The Balaban J connectivity index is 2.63. The first-order valence-electron chi connectivity index (χ1n) is 5.57. The molecule has 3 nitrogen and oxygen atoms in total. The van der Waals surface area contributed by atoms with Crippen LogP contribution in [0.25, 0.3) is 0 Å². The Morgan fingerprint density at radius 3 is 2.47 bits per heavy atom. The van der Waals surface area contributed by atoms with Crippen LogP contribution in [0.1, 0.15) is 39.0 Å². The molecular formula is C11H21NO2S. The van der Waals surface area contributed by atoms with E-state index in [1.807, 2.05) is 6.92 Å². The van der Waals surface area contributed by atoms with Gasteiger partial charge in [0.2, 0.25) is 10.0 Å². The summed E-state index contributed by atoms with van der Waals surface area (Å²) in [4.78, 5) is 0. The number of hydrogen-bond acceptors (Lipinski definition) is 2. The fourth-order valence-corrected chi connectivity index (χ4v) is 3.46. The van der Waals surface area contributed by atoms with Crippen LogP contribution in [0.15, 0.2) is 12.7 Å². The van der Waals surface area contributed by atoms with E-state index in [0.29, 0.717) is 12.3 Å². The van der Waals surface area contributed by atoms with Crippen LogP contribution < -0.4 is 5.14 Å². The predicted molar refractivity (Wildman–Crippen MR) is 62.8 cm³/mol. The monoisotopic (exact) mass is 231 g/mol. The molecule has 2 atom stereocenters. The van der Waals surface area contributed by atoms with E-state index in [2.05, 4.69) is 6.58 Å². The molecule has 0 radical (unpaired) electrons. The maximum absolute atomic E-state index is 11.5. The summed E-state index contributed by atoms with van der Waals surface area (Å²) in [6.45, 7) is 5.58. The maximum atomic E-state index is 11.5. The van der Waals surface area contributed by atoms with Gasteiger partial charge in [0.25, 0.3) is 0 Å². The largest absolute Gasteiger partial charge is 0.228 e. The molecule has 1 rings (SSSR count). The molecule has 0 unspecified atom stereocenters. The van der Waals surface area contributed by atoms with E-state index in [4.69, 9.17) is 5.14 Å². The highest BCUT2D eigenvalue weighted by Gasteiger charge is 2.32. The Bertz CT molecular complexity index is 307. The molecule has 4 heteroatoms. The van der Waals surface area contributed by atoms with Gasteiger partial charge in [-0.15, -0.1) is 6.58 Å². The molecule has 0 aromatic carbocycles. The second kappa shape index (κ2) is 5.12. The molecule has 0 bridgehead atoms. The summed E-state index contributed by atoms with van der Waals surface area (Å²) >= 11 is 0. The molecule has 1 saturated carbocycles. The first kappa shape index (κ1) is 12.7. The number of hydrogen-bond donors (Lipinski definition) is 1. The molecular weight excluding hydrogens is 210 g/mol. The van der Waals surface area contributed by atoms with Crippen molar-refractivity contribution < 1.29 is 8.42 Å². The third-order valence-electron chi connectivity index (χ3n) is 3.39. The first-order chi connectivity index (χ1) is 6.95.